The van der Waals surface area contributed by atoms with Crippen LogP contribution in [0, 0.1) is 0 Å². The topological polar surface area (TPSA) is 56.1 Å². The summed E-state index contributed by atoms with van der Waals surface area (Å²) in [6.07, 6.45) is 1.66. The van der Waals surface area contributed by atoms with E-state index in [0.717, 1.165) is 16.9 Å². The summed E-state index contributed by atoms with van der Waals surface area (Å²) in [6, 6.07) is 22.9. The van der Waals surface area contributed by atoms with Crippen LogP contribution in [0.25, 0.3) is 0 Å². The second-order valence-electron chi connectivity index (χ2n) is 9.33. The number of hydrogen-bond acceptors (Lipinski definition) is 3. The van der Waals surface area contributed by atoms with Gasteiger partial charge < -0.3 is 10.1 Å². The molecule has 0 aliphatic carbocycles. The third kappa shape index (κ3) is 6.44. The molecule has 0 fully saturated rings. The van der Waals surface area contributed by atoms with Gasteiger partial charge in [-0.15, -0.1) is 0 Å². The van der Waals surface area contributed by atoms with Crippen LogP contribution >= 0.6 is 23.2 Å². The van der Waals surface area contributed by atoms with Crippen LogP contribution in [0.1, 0.15) is 47.8 Å². The van der Waals surface area contributed by atoms with Crippen molar-refractivity contribution in [1.29, 1.82) is 0 Å². The number of ether oxygens (including phenoxy) is 1. The van der Waals surface area contributed by atoms with E-state index in [1.165, 1.54) is 5.56 Å². The molecule has 0 aliphatic heterocycles. The highest BCUT2D eigenvalue weighted by Gasteiger charge is 2.15. The van der Waals surface area contributed by atoms with E-state index in [4.69, 9.17) is 27.9 Å². The lowest BCUT2D eigenvalue weighted by molar-refractivity contribution is 0.102. The normalized spacial score (nSPS) is 11.3. The third-order valence-electron chi connectivity index (χ3n) is 5.55. The van der Waals surface area contributed by atoms with E-state index in [-0.39, 0.29) is 11.3 Å². The van der Waals surface area contributed by atoms with Crippen molar-refractivity contribution in [1.82, 2.24) is 9.78 Å². The first kappa shape index (κ1) is 24.8. The zero-order chi connectivity index (χ0) is 25.0. The molecule has 1 amide bonds. The first-order chi connectivity index (χ1) is 16.7. The SMILES string of the molecule is CC(C)(C)c1ccc(OCc2cccc(C(=O)Nc3nn(Cc4ccccc4Cl)cc3Cl)c2)cc1. The maximum absolute atomic E-state index is 12.9. The van der Waals surface area contributed by atoms with Crippen LogP contribution in [-0.4, -0.2) is 15.7 Å². The molecule has 4 aromatic rings. The van der Waals surface area contributed by atoms with E-state index in [1.807, 2.05) is 48.5 Å². The van der Waals surface area contributed by atoms with Crippen molar-refractivity contribution in [3.63, 3.8) is 0 Å². The first-order valence-electron chi connectivity index (χ1n) is 11.3. The lowest BCUT2D eigenvalue weighted by Gasteiger charge is -2.19. The predicted molar refractivity (Wildman–Crippen MR) is 142 cm³/mol. The van der Waals surface area contributed by atoms with Crippen LogP contribution in [0.5, 0.6) is 5.75 Å². The Labute approximate surface area is 215 Å². The molecule has 4 rings (SSSR count). The van der Waals surface area contributed by atoms with Crippen molar-refractivity contribution < 1.29 is 9.53 Å². The largest absolute Gasteiger partial charge is 0.489 e. The maximum Gasteiger partial charge on any atom is 0.256 e. The summed E-state index contributed by atoms with van der Waals surface area (Å²) in [5, 5.41) is 8.19. The second kappa shape index (κ2) is 10.5. The molecule has 0 saturated carbocycles. The number of carbonyl (C=O) groups excluding carboxylic acids is 1. The summed E-state index contributed by atoms with van der Waals surface area (Å²) >= 11 is 12.6. The molecule has 0 saturated heterocycles. The molecule has 1 aromatic heterocycles. The average Bonchev–Trinajstić information content (AvgIpc) is 3.17. The molecule has 0 unspecified atom stereocenters. The number of carbonyl (C=O) groups is 1. The zero-order valence-corrected chi connectivity index (χ0v) is 21.4. The molecule has 5 nitrogen and oxygen atoms in total. The minimum absolute atomic E-state index is 0.0908. The van der Waals surface area contributed by atoms with Crippen LogP contribution in [-0.2, 0) is 18.6 Å². The fourth-order valence-corrected chi connectivity index (χ4v) is 3.96. The maximum atomic E-state index is 12.9. The number of aromatic nitrogens is 2. The summed E-state index contributed by atoms with van der Waals surface area (Å²) in [4.78, 5) is 12.9. The van der Waals surface area contributed by atoms with Crippen LogP contribution in [0.15, 0.2) is 79.0 Å². The average molecular weight is 508 g/mol. The van der Waals surface area contributed by atoms with Gasteiger partial charge in [0, 0.05) is 16.8 Å². The van der Waals surface area contributed by atoms with Gasteiger partial charge in [-0.25, -0.2) is 0 Å². The van der Waals surface area contributed by atoms with Gasteiger partial charge in [0.15, 0.2) is 5.82 Å². The monoisotopic (exact) mass is 507 g/mol. The van der Waals surface area contributed by atoms with Crippen molar-refractivity contribution in [2.45, 2.75) is 39.3 Å². The van der Waals surface area contributed by atoms with Crippen molar-refractivity contribution in [2.75, 3.05) is 5.32 Å². The van der Waals surface area contributed by atoms with Crippen LogP contribution in [0.3, 0.4) is 0 Å². The van der Waals surface area contributed by atoms with E-state index in [1.54, 1.807) is 23.0 Å². The Morgan fingerprint density at radius 2 is 1.71 bits per heavy atom. The molecule has 0 spiro atoms. The van der Waals surface area contributed by atoms with Gasteiger partial charge in [0.2, 0.25) is 0 Å². The molecule has 1 heterocycles. The molecule has 0 bridgehead atoms. The van der Waals surface area contributed by atoms with Crippen LogP contribution < -0.4 is 10.1 Å². The van der Waals surface area contributed by atoms with E-state index >= 15 is 0 Å². The van der Waals surface area contributed by atoms with E-state index < -0.39 is 0 Å². The minimum atomic E-state index is -0.300. The van der Waals surface area contributed by atoms with Gasteiger partial charge in [-0.2, -0.15) is 5.10 Å². The number of nitrogens with zero attached hydrogens (tertiary/aromatic N) is 2. The summed E-state index contributed by atoms with van der Waals surface area (Å²) in [7, 11) is 0. The van der Waals surface area contributed by atoms with Gasteiger partial charge >= 0.3 is 0 Å². The number of hydrogen-bond donors (Lipinski definition) is 1. The predicted octanol–water partition coefficient (Wildman–Crippen LogP) is 7.37. The summed E-state index contributed by atoms with van der Waals surface area (Å²) < 4.78 is 7.57. The highest BCUT2D eigenvalue weighted by Crippen LogP contribution is 2.25. The fraction of sp³-hybridized carbons (Fsp3) is 0.214. The number of rotatable bonds is 7. The van der Waals surface area contributed by atoms with Crippen molar-refractivity contribution in [2.24, 2.45) is 0 Å². The minimum Gasteiger partial charge on any atom is -0.489 e. The van der Waals surface area contributed by atoms with Crippen LogP contribution in [0.4, 0.5) is 5.82 Å². The van der Waals surface area contributed by atoms with E-state index in [2.05, 4.69) is 43.3 Å². The lowest BCUT2D eigenvalue weighted by Crippen LogP contribution is -2.13. The van der Waals surface area contributed by atoms with Gasteiger partial charge in [0.25, 0.3) is 5.91 Å². The van der Waals surface area contributed by atoms with Crippen molar-refractivity contribution in [3.05, 3.63) is 111 Å². The van der Waals surface area contributed by atoms with Crippen molar-refractivity contribution in [3.8, 4) is 5.75 Å². The Bertz CT molecular complexity index is 1320. The quantitative estimate of drug-likeness (QED) is 0.284. The van der Waals surface area contributed by atoms with Crippen LogP contribution in [0.2, 0.25) is 10.0 Å². The Kier molecular flexibility index (Phi) is 7.48. The molecule has 0 aliphatic rings. The van der Waals surface area contributed by atoms with Crippen molar-refractivity contribution >= 4 is 34.9 Å². The molecule has 7 heteroatoms. The molecular formula is C28H27Cl2N3O2. The van der Waals surface area contributed by atoms with Gasteiger partial charge in [-0.05, 0) is 52.4 Å². The molecule has 0 atom stereocenters. The molecule has 0 radical (unpaired) electrons. The lowest BCUT2D eigenvalue weighted by atomic mass is 9.87. The smallest absolute Gasteiger partial charge is 0.256 e. The fourth-order valence-electron chi connectivity index (χ4n) is 3.56. The molecule has 180 valence electrons. The zero-order valence-electron chi connectivity index (χ0n) is 19.9. The number of benzene rings is 3. The Morgan fingerprint density at radius 3 is 2.43 bits per heavy atom. The first-order valence-corrected chi connectivity index (χ1v) is 12.0. The number of anilines is 1. The molecule has 35 heavy (non-hydrogen) atoms. The summed E-state index contributed by atoms with van der Waals surface area (Å²) in [6.45, 7) is 7.32. The van der Waals surface area contributed by atoms with Gasteiger partial charge in [0.1, 0.15) is 17.4 Å². The summed E-state index contributed by atoms with van der Waals surface area (Å²) in [5.41, 5.74) is 3.62. The second-order valence-corrected chi connectivity index (χ2v) is 10.1. The Hall–Kier alpha value is -3.28. The van der Waals surface area contributed by atoms with Gasteiger partial charge in [0.05, 0.1) is 6.54 Å². The standard InChI is InChI=1S/C28H27Cl2N3O2/c1-28(2,3)22-11-13-23(14-12-22)35-18-19-7-6-9-20(15-19)27(34)31-26-25(30)17-33(32-26)16-21-8-4-5-10-24(21)29/h4-15,17H,16,18H2,1-3H3,(H,31,32,34). The third-order valence-corrected chi connectivity index (χ3v) is 6.20. The Morgan fingerprint density at radius 1 is 0.971 bits per heavy atom. The van der Waals surface area contributed by atoms with Gasteiger partial charge in [-0.1, -0.05) is 86.4 Å². The summed E-state index contributed by atoms with van der Waals surface area (Å²) in [5.74, 6) is 0.777. The van der Waals surface area contributed by atoms with E-state index in [9.17, 15) is 4.79 Å². The highest BCUT2D eigenvalue weighted by molar-refractivity contribution is 6.33. The van der Waals surface area contributed by atoms with Gasteiger partial charge in [-0.3, -0.25) is 9.48 Å². The molecular weight excluding hydrogens is 481 g/mol. The number of halogens is 2. The number of amides is 1. The molecule has 1 N–H and O–H groups in total. The highest BCUT2D eigenvalue weighted by atomic mass is 35.5. The van der Waals surface area contributed by atoms with E-state index in [0.29, 0.717) is 34.6 Å². The number of nitrogens with one attached hydrogen (secondary N) is 1. The Balaban J connectivity index is 1.39. The molecule has 3 aromatic carbocycles.